The molecule has 0 spiro atoms. The molecule has 0 aliphatic rings. The molecule has 10 heteroatoms. The molecule has 31 heavy (non-hydrogen) atoms. The van der Waals surface area contributed by atoms with Crippen molar-refractivity contribution in [2.45, 2.75) is 44.6 Å². The van der Waals surface area contributed by atoms with Gasteiger partial charge >= 0.3 is 0 Å². The summed E-state index contributed by atoms with van der Waals surface area (Å²) in [5.74, 6) is -1.63. The molecule has 0 bridgehead atoms. The van der Waals surface area contributed by atoms with E-state index in [1.807, 2.05) is 39.0 Å². The number of carbonyl (C=O) groups is 2. The summed E-state index contributed by atoms with van der Waals surface area (Å²) in [6.07, 6.45) is 0. The van der Waals surface area contributed by atoms with Crippen LogP contribution in [0.1, 0.15) is 37.8 Å². The van der Waals surface area contributed by atoms with Crippen LogP contribution in [0.15, 0.2) is 47.4 Å². The third kappa shape index (κ3) is 6.76. The van der Waals surface area contributed by atoms with Crippen LogP contribution >= 0.6 is 0 Å². The molecule has 2 rings (SSSR count). The number of halogens is 1. The van der Waals surface area contributed by atoms with Gasteiger partial charge in [0.2, 0.25) is 10.0 Å². The monoisotopic (exact) mass is 451 g/mol. The molecule has 0 aromatic heterocycles. The standard InChI is InChI=1S/C21H26FN3O5S/c1-13(2)16-10-9-14(3)11-18(16)30-12-20(26)23-24-21(27)15(4)25-31(28,29)19-8-6-5-7-17(19)22/h5-11,13,15,25H,12H2,1-4H3,(H,23,26)(H,24,27)/t15-/m0/s1. The number of hydrogen-bond donors (Lipinski definition) is 3. The summed E-state index contributed by atoms with van der Waals surface area (Å²) in [5, 5.41) is 0. The minimum Gasteiger partial charge on any atom is -0.483 e. The maximum atomic E-state index is 13.7. The topological polar surface area (TPSA) is 114 Å². The van der Waals surface area contributed by atoms with Crippen LogP contribution in [0.5, 0.6) is 5.75 Å². The third-order valence-electron chi connectivity index (χ3n) is 4.33. The molecule has 8 nitrogen and oxygen atoms in total. The molecule has 0 saturated carbocycles. The summed E-state index contributed by atoms with van der Waals surface area (Å²) in [4.78, 5) is 23.6. The number of benzene rings is 2. The fourth-order valence-corrected chi connectivity index (χ4v) is 3.96. The molecule has 1 atom stereocenters. The zero-order chi connectivity index (χ0) is 23.2. The minimum absolute atomic E-state index is 0.196. The minimum atomic E-state index is -4.26. The number of sulfonamides is 1. The Balaban J connectivity index is 1.89. The second kappa shape index (κ2) is 10.4. The van der Waals surface area contributed by atoms with Gasteiger partial charge in [-0.25, -0.2) is 12.8 Å². The van der Waals surface area contributed by atoms with Crippen LogP contribution in [0, 0.1) is 12.7 Å². The van der Waals surface area contributed by atoms with Gasteiger partial charge in [0.05, 0.1) is 6.04 Å². The van der Waals surface area contributed by atoms with Gasteiger partial charge in [0.1, 0.15) is 16.5 Å². The van der Waals surface area contributed by atoms with E-state index < -0.39 is 38.6 Å². The highest BCUT2D eigenvalue weighted by Gasteiger charge is 2.24. The maximum Gasteiger partial charge on any atom is 0.276 e. The zero-order valence-corrected chi connectivity index (χ0v) is 18.5. The number of aryl methyl sites for hydroxylation is 1. The SMILES string of the molecule is Cc1ccc(C(C)C)c(OCC(=O)NNC(=O)[C@H](C)NS(=O)(=O)c2ccccc2F)c1. The van der Waals surface area contributed by atoms with Crippen molar-refractivity contribution in [1.29, 1.82) is 0 Å². The molecule has 0 fully saturated rings. The van der Waals surface area contributed by atoms with Gasteiger partial charge < -0.3 is 4.74 Å². The molecule has 0 unspecified atom stereocenters. The third-order valence-corrected chi connectivity index (χ3v) is 5.90. The zero-order valence-electron chi connectivity index (χ0n) is 17.7. The van der Waals surface area contributed by atoms with Crippen LogP contribution in [0.4, 0.5) is 4.39 Å². The molecule has 168 valence electrons. The summed E-state index contributed by atoms with van der Waals surface area (Å²) >= 11 is 0. The van der Waals surface area contributed by atoms with E-state index in [1.54, 1.807) is 0 Å². The summed E-state index contributed by atoms with van der Waals surface area (Å²) < 4.78 is 45.8. The van der Waals surface area contributed by atoms with Gasteiger partial charge in [0, 0.05) is 0 Å². The first-order chi connectivity index (χ1) is 14.5. The Morgan fingerprint density at radius 1 is 1.06 bits per heavy atom. The second-order valence-electron chi connectivity index (χ2n) is 7.30. The molecule has 2 amide bonds. The Morgan fingerprint density at radius 3 is 2.39 bits per heavy atom. The molecular formula is C21H26FN3O5S. The highest BCUT2D eigenvalue weighted by atomic mass is 32.2. The molecule has 2 aromatic rings. The van der Waals surface area contributed by atoms with Crippen LogP contribution < -0.4 is 20.3 Å². The van der Waals surface area contributed by atoms with Crippen molar-refractivity contribution in [1.82, 2.24) is 15.6 Å². The summed E-state index contributed by atoms with van der Waals surface area (Å²) in [6.45, 7) is 6.82. The molecule has 3 N–H and O–H groups in total. The quantitative estimate of drug-likeness (QED) is 0.532. The Labute approximate surface area is 181 Å². The second-order valence-corrected chi connectivity index (χ2v) is 8.98. The molecule has 2 aromatic carbocycles. The Morgan fingerprint density at radius 2 is 1.74 bits per heavy atom. The average molecular weight is 452 g/mol. The van der Waals surface area contributed by atoms with Crippen molar-refractivity contribution >= 4 is 21.8 Å². The molecule has 0 heterocycles. The number of amides is 2. The summed E-state index contributed by atoms with van der Waals surface area (Å²) in [6, 6.07) is 9.22. The maximum absolute atomic E-state index is 13.7. The van der Waals surface area contributed by atoms with Gasteiger partial charge in [0.15, 0.2) is 6.61 Å². The van der Waals surface area contributed by atoms with E-state index in [9.17, 15) is 22.4 Å². The van der Waals surface area contributed by atoms with Gasteiger partial charge in [-0.15, -0.1) is 0 Å². The normalized spacial score (nSPS) is 12.3. The first-order valence-corrected chi connectivity index (χ1v) is 11.1. The lowest BCUT2D eigenvalue weighted by atomic mass is 10.0. The Hall–Kier alpha value is -2.98. The van der Waals surface area contributed by atoms with Crippen molar-refractivity contribution in [3.8, 4) is 5.75 Å². The number of rotatable bonds is 8. The predicted molar refractivity (Wildman–Crippen MR) is 113 cm³/mol. The Kier molecular flexibility index (Phi) is 8.12. The van der Waals surface area contributed by atoms with E-state index in [0.29, 0.717) is 5.75 Å². The molecule has 0 aliphatic carbocycles. The van der Waals surface area contributed by atoms with Crippen LogP contribution in [0.2, 0.25) is 0 Å². The smallest absolute Gasteiger partial charge is 0.276 e. The number of hydrogen-bond acceptors (Lipinski definition) is 5. The number of carbonyl (C=O) groups excluding carboxylic acids is 2. The van der Waals surface area contributed by atoms with Crippen LogP contribution in [-0.2, 0) is 19.6 Å². The highest BCUT2D eigenvalue weighted by molar-refractivity contribution is 7.89. The molecule has 0 radical (unpaired) electrons. The van der Waals surface area contributed by atoms with Crippen LogP contribution in [0.3, 0.4) is 0 Å². The van der Waals surface area contributed by atoms with Gasteiger partial charge in [-0.05, 0) is 49.1 Å². The van der Waals surface area contributed by atoms with Crippen molar-refractivity contribution < 1.29 is 27.1 Å². The van der Waals surface area contributed by atoms with Crippen molar-refractivity contribution in [3.05, 3.63) is 59.4 Å². The predicted octanol–water partition coefficient (Wildman–Crippen LogP) is 2.15. The van der Waals surface area contributed by atoms with E-state index in [4.69, 9.17) is 4.74 Å². The lowest BCUT2D eigenvalue weighted by molar-refractivity contribution is -0.130. The van der Waals surface area contributed by atoms with E-state index in [2.05, 4.69) is 15.6 Å². The van der Waals surface area contributed by atoms with Crippen LogP contribution in [-0.4, -0.2) is 32.9 Å². The van der Waals surface area contributed by atoms with Crippen LogP contribution in [0.25, 0.3) is 0 Å². The van der Waals surface area contributed by atoms with E-state index >= 15 is 0 Å². The van der Waals surface area contributed by atoms with E-state index in [1.165, 1.54) is 19.1 Å². The first kappa shape index (κ1) is 24.3. The fraction of sp³-hybridized carbons (Fsp3) is 0.333. The lowest BCUT2D eigenvalue weighted by Gasteiger charge is -2.16. The number of nitrogens with one attached hydrogen (secondary N) is 3. The van der Waals surface area contributed by atoms with Crippen molar-refractivity contribution in [3.63, 3.8) is 0 Å². The summed E-state index contributed by atoms with van der Waals surface area (Å²) in [5.41, 5.74) is 6.20. The van der Waals surface area contributed by atoms with Crippen molar-refractivity contribution in [2.75, 3.05) is 6.61 Å². The Bertz CT molecular complexity index is 1060. The number of hydrazine groups is 1. The number of ether oxygens (including phenoxy) is 1. The largest absolute Gasteiger partial charge is 0.483 e. The van der Waals surface area contributed by atoms with E-state index in [0.717, 1.165) is 23.3 Å². The van der Waals surface area contributed by atoms with Gasteiger partial charge in [-0.2, -0.15) is 4.72 Å². The molecule has 0 aliphatic heterocycles. The molecular weight excluding hydrogens is 425 g/mol. The van der Waals surface area contributed by atoms with E-state index in [-0.39, 0.29) is 12.5 Å². The fourth-order valence-electron chi connectivity index (χ4n) is 2.67. The first-order valence-electron chi connectivity index (χ1n) is 9.60. The van der Waals surface area contributed by atoms with Gasteiger partial charge in [-0.3, -0.25) is 20.4 Å². The average Bonchev–Trinajstić information content (AvgIpc) is 2.70. The lowest BCUT2D eigenvalue weighted by Crippen LogP contribution is -2.51. The summed E-state index contributed by atoms with van der Waals surface area (Å²) in [7, 11) is -4.26. The van der Waals surface area contributed by atoms with Gasteiger partial charge in [-0.1, -0.05) is 38.1 Å². The molecule has 0 saturated heterocycles. The highest BCUT2D eigenvalue weighted by Crippen LogP contribution is 2.27. The van der Waals surface area contributed by atoms with Crippen molar-refractivity contribution in [2.24, 2.45) is 0 Å². The van der Waals surface area contributed by atoms with Gasteiger partial charge in [0.25, 0.3) is 11.8 Å².